The smallest absolute Gasteiger partial charge is 0.261 e. The van der Waals surface area contributed by atoms with E-state index in [1.165, 1.54) is 18.2 Å². The average molecular weight is 383 g/mol. The summed E-state index contributed by atoms with van der Waals surface area (Å²) in [5, 5.41) is 2.77. The van der Waals surface area contributed by atoms with Crippen LogP contribution in [0.3, 0.4) is 0 Å². The van der Waals surface area contributed by atoms with E-state index in [4.69, 9.17) is 10.7 Å². The Morgan fingerprint density at radius 1 is 1.30 bits per heavy atom. The third-order valence-corrected chi connectivity index (χ3v) is 4.82. The molecule has 0 bridgehead atoms. The monoisotopic (exact) mass is 381 g/mol. The van der Waals surface area contributed by atoms with Gasteiger partial charge in [-0.1, -0.05) is 26.2 Å². The number of halogens is 2. The van der Waals surface area contributed by atoms with E-state index in [2.05, 4.69) is 28.2 Å². The van der Waals surface area contributed by atoms with Gasteiger partial charge in [0.15, 0.2) is 0 Å². The van der Waals surface area contributed by atoms with Gasteiger partial charge in [-0.25, -0.2) is 8.42 Å². The molecular weight excluding hydrogens is 366 g/mol. The van der Waals surface area contributed by atoms with Crippen molar-refractivity contribution in [3.63, 3.8) is 0 Å². The predicted octanol–water partition coefficient (Wildman–Crippen LogP) is 3.69. The molecule has 0 unspecified atom stereocenters. The van der Waals surface area contributed by atoms with E-state index in [0.717, 1.165) is 25.7 Å². The molecule has 0 heterocycles. The SMILES string of the molecule is CCCCCCNC(=O)c1cc(S(=O)(=O)Cl)ccc1Br. The van der Waals surface area contributed by atoms with E-state index in [1.807, 2.05) is 0 Å². The van der Waals surface area contributed by atoms with Crippen LogP contribution in [0.4, 0.5) is 0 Å². The van der Waals surface area contributed by atoms with Crippen LogP contribution in [-0.2, 0) is 9.05 Å². The molecule has 4 nitrogen and oxygen atoms in total. The number of hydrogen-bond acceptors (Lipinski definition) is 3. The largest absolute Gasteiger partial charge is 0.352 e. The van der Waals surface area contributed by atoms with E-state index in [0.29, 0.717) is 11.0 Å². The molecule has 1 amide bonds. The van der Waals surface area contributed by atoms with Crippen LogP contribution < -0.4 is 5.32 Å². The summed E-state index contributed by atoms with van der Waals surface area (Å²) in [6, 6.07) is 4.12. The van der Waals surface area contributed by atoms with Gasteiger partial charge in [0.25, 0.3) is 15.0 Å². The highest BCUT2D eigenvalue weighted by Crippen LogP contribution is 2.23. The van der Waals surface area contributed by atoms with Gasteiger partial charge in [0.1, 0.15) is 0 Å². The molecule has 112 valence electrons. The molecule has 0 aliphatic rings. The fourth-order valence-electron chi connectivity index (χ4n) is 1.68. The van der Waals surface area contributed by atoms with Gasteiger partial charge in [0.2, 0.25) is 0 Å². The zero-order chi connectivity index (χ0) is 15.2. The summed E-state index contributed by atoms with van der Waals surface area (Å²) in [4.78, 5) is 11.9. The number of rotatable bonds is 7. The number of unbranched alkanes of at least 4 members (excludes halogenated alkanes) is 3. The Labute approximate surface area is 132 Å². The molecule has 0 radical (unpaired) electrons. The van der Waals surface area contributed by atoms with Gasteiger partial charge in [-0.2, -0.15) is 0 Å². The first kappa shape index (κ1) is 17.5. The Hall–Kier alpha value is -0.590. The Bertz CT molecular complexity index is 575. The maximum absolute atomic E-state index is 12.0. The van der Waals surface area contributed by atoms with Gasteiger partial charge in [0.05, 0.1) is 10.5 Å². The zero-order valence-electron chi connectivity index (χ0n) is 11.2. The summed E-state index contributed by atoms with van der Waals surface area (Å²) in [7, 11) is 1.44. The summed E-state index contributed by atoms with van der Waals surface area (Å²) in [5.74, 6) is -0.310. The van der Waals surface area contributed by atoms with Crippen molar-refractivity contribution in [2.24, 2.45) is 0 Å². The Morgan fingerprint density at radius 2 is 2.00 bits per heavy atom. The Balaban J connectivity index is 2.72. The number of carbonyl (C=O) groups is 1. The first-order valence-corrected chi connectivity index (χ1v) is 9.49. The van der Waals surface area contributed by atoms with E-state index < -0.39 is 9.05 Å². The highest BCUT2D eigenvalue weighted by Gasteiger charge is 2.16. The lowest BCUT2D eigenvalue weighted by molar-refractivity contribution is 0.0952. The van der Waals surface area contributed by atoms with E-state index in [-0.39, 0.29) is 16.4 Å². The first-order valence-electron chi connectivity index (χ1n) is 6.38. The van der Waals surface area contributed by atoms with Gasteiger partial charge >= 0.3 is 0 Å². The van der Waals surface area contributed by atoms with Crippen LogP contribution in [0.15, 0.2) is 27.6 Å². The molecule has 0 aromatic heterocycles. The molecule has 0 saturated heterocycles. The standard InChI is InChI=1S/C13H17BrClNO3S/c1-2-3-4-5-8-16-13(17)11-9-10(20(15,18)19)6-7-12(11)14/h6-7,9H,2-5,8H2,1H3,(H,16,17). The van der Waals surface area contributed by atoms with Gasteiger partial charge in [-0.3, -0.25) is 4.79 Å². The van der Waals surface area contributed by atoms with Gasteiger partial charge in [-0.05, 0) is 40.5 Å². The molecule has 0 atom stereocenters. The average Bonchev–Trinajstić information content (AvgIpc) is 2.37. The molecular formula is C13H17BrClNO3S. The molecule has 0 saturated carbocycles. The van der Waals surface area contributed by atoms with E-state index in [9.17, 15) is 13.2 Å². The normalized spacial score (nSPS) is 11.3. The molecule has 0 spiro atoms. The summed E-state index contributed by atoms with van der Waals surface area (Å²) in [6.45, 7) is 2.69. The molecule has 1 N–H and O–H groups in total. The number of carbonyl (C=O) groups excluding carboxylic acids is 1. The number of amides is 1. The van der Waals surface area contributed by atoms with Crippen molar-refractivity contribution < 1.29 is 13.2 Å². The summed E-state index contributed by atoms with van der Waals surface area (Å²) < 4.78 is 23.1. The molecule has 1 aromatic rings. The van der Waals surface area contributed by atoms with Gasteiger partial charge < -0.3 is 5.32 Å². The lowest BCUT2D eigenvalue weighted by Crippen LogP contribution is -2.25. The maximum Gasteiger partial charge on any atom is 0.261 e. The highest BCUT2D eigenvalue weighted by molar-refractivity contribution is 9.10. The maximum atomic E-state index is 12.0. The summed E-state index contributed by atoms with van der Waals surface area (Å²) in [6.07, 6.45) is 4.24. The van der Waals surface area contributed by atoms with Crippen LogP contribution in [0.5, 0.6) is 0 Å². The quantitative estimate of drug-likeness (QED) is 0.578. The summed E-state index contributed by atoms with van der Waals surface area (Å²) >= 11 is 3.23. The molecule has 0 aliphatic heterocycles. The first-order chi connectivity index (χ1) is 9.36. The Kier molecular flexibility index (Phi) is 6.99. The van der Waals surface area contributed by atoms with Crippen LogP contribution in [0.1, 0.15) is 43.0 Å². The number of benzene rings is 1. The third kappa shape index (κ3) is 5.42. The lowest BCUT2D eigenvalue weighted by Gasteiger charge is -2.08. The van der Waals surface area contributed by atoms with Crippen LogP contribution in [0, 0.1) is 0 Å². The molecule has 20 heavy (non-hydrogen) atoms. The Morgan fingerprint density at radius 3 is 2.60 bits per heavy atom. The van der Waals surface area contributed by atoms with Crippen LogP contribution >= 0.6 is 26.6 Å². The van der Waals surface area contributed by atoms with Crippen molar-refractivity contribution in [2.75, 3.05) is 6.54 Å². The fraction of sp³-hybridized carbons (Fsp3) is 0.462. The van der Waals surface area contributed by atoms with Crippen molar-refractivity contribution in [3.8, 4) is 0 Å². The highest BCUT2D eigenvalue weighted by atomic mass is 79.9. The summed E-state index contributed by atoms with van der Waals surface area (Å²) in [5.41, 5.74) is 0.266. The minimum atomic E-state index is -3.84. The van der Waals surface area contributed by atoms with Crippen molar-refractivity contribution in [1.82, 2.24) is 5.32 Å². The van der Waals surface area contributed by atoms with Crippen molar-refractivity contribution in [1.29, 1.82) is 0 Å². The topological polar surface area (TPSA) is 63.2 Å². The molecule has 7 heteroatoms. The third-order valence-electron chi connectivity index (χ3n) is 2.78. The lowest BCUT2D eigenvalue weighted by atomic mass is 10.2. The second kappa shape index (κ2) is 8.00. The van der Waals surface area contributed by atoms with Crippen LogP contribution in [0.25, 0.3) is 0 Å². The molecule has 1 aromatic carbocycles. The molecule has 1 rings (SSSR count). The molecule has 0 aliphatic carbocycles. The minimum Gasteiger partial charge on any atom is -0.352 e. The second-order valence-electron chi connectivity index (χ2n) is 4.40. The van der Waals surface area contributed by atoms with Crippen LogP contribution in [-0.4, -0.2) is 20.9 Å². The molecule has 0 fully saturated rings. The fourth-order valence-corrected chi connectivity index (χ4v) is 2.88. The van der Waals surface area contributed by atoms with Crippen LogP contribution in [0.2, 0.25) is 0 Å². The minimum absolute atomic E-state index is 0.0847. The second-order valence-corrected chi connectivity index (χ2v) is 7.82. The van der Waals surface area contributed by atoms with Gasteiger partial charge in [0, 0.05) is 21.7 Å². The number of hydrogen-bond donors (Lipinski definition) is 1. The van der Waals surface area contributed by atoms with Crippen molar-refractivity contribution >= 4 is 41.6 Å². The van der Waals surface area contributed by atoms with Crippen molar-refractivity contribution in [3.05, 3.63) is 28.2 Å². The van der Waals surface area contributed by atoms with Gasteiger partial charge in [-0.15, -0.1) is 0 Å². The zero-order valence-corrected chi connectivity index (χ0v) is 14.3. The van der Waals surface area contributed by atoms with E-state index >= 15 is 0 Å². The van der Waals surface area contributed by atoms with E-state index in [1.54, 1.807) is 0 Å². The predicted molar refractivity (Wildman–Crippen MR) is 83.7 cm³/mol. The van der Waals surface area contributed by atoms with Crippen molar-refractivity contribution in [2.45, 2.75) is 37.5 Å². The number of nitrogens with one attached hydrogen (secondary N) is 1.